The lowest BCUT2D eigenvalue weighted by atomic mass is 9.93. The molecule has 1 N–H and O–H groups in total. The van der Waals surface area contributed by atoms with E-state index in [1.165, 1.54) is 48.3 Å². The Morgan fingerprint density at radius 2 is 1.94 bits per heavy atom. The molecule has 1 nitrogen and oxygen atoms in total. The van der Waals surface area contributed by atoms with Gasteiger partial charge in [-0.3, -0.25) is 0 Å². The second-order valence-electron chi connectivity index (χ2n) is 5.43. The predicted molar refractivity (Wildman–Crippen MR) is 76.5 cm³/mol. The van der Waals surface area contributed by atoms with Gasteiger partial charge in [-0.1, -0.05) is 25.7 Å². The van der Waals surface area contributed by atoms with Crippen LogP contribution in [-0.4, -0.2) is 6.04 Å². The van der Waals surface area contributed by atoms with E-state index in [0.29, 0.717) is 6.04 Å². The number of rotatable bonds is 4. The lowest BCUT2D eigenvalue weighted by Crippen LogP contribution is -2.32. The number of hydrogen-bond donors (Lipinski definition) is 1. The monoisotopic (exact) mass is 251 g/mol. The minimum atomic E-state index is 0.676. The van der Waals surface area contributed by atoms with Crippen LogP contribution in [0.15, 0.2) is 12.1 Å². The molecule has 1 atom stereocenters. The summed E-state index contributed by atoms with van der Waals surface area (Å²) in [6.45, 7) is 5.61. The topological polar surface area (TPSA) is 12.0 Å². The van der Waals surface area contributed by atoms with Gasteiger partial charge in [-0.15, -0.1) is 11.3 Å². The van der Waals surface area contributed by atoms with Gasteiger partial charge in [0, 0.05) is 22.3 Å². The molecule has 0 aromatic carbocycles. The lowest BCUT2D eigenvalue weighted by Gasteiger charge is -2.23. The lowest BCUT2D eigenvalue weighted by molar-refractivity contribution is 0.337. The maximum Gasteiger partial charge on any atom is 0.0302 e. The summed E-state index contributed by atoms with van der Waals surface area (Å²) < 4.78 is 0. The maximum atomic E-state index is 3.72. The molecule has 1 fully saturated rings. The molecular formula is C15H25NS. The average Bonchev–Trinajstić information content (AvgIpc) is 2.58. The molecule has 1 aromatic heterocycles. The summed E-state index contributed by atoms with van der Waals surface area (Å²) in [5.74, 6) is 0.901. The van der Waals surface area contributed by atoms with E-state index in [2.05, 4.69) is 31.3 Å². The maximum absolute atomic E-state index is 3.72. The minimum Gasteiger partial charge on any atom is -0.309 e. The van der Waals surface area contributed by atoms with Gasteiger partial charge in [-0.05, 0) is 44.7 Å². The normalized spacial score (nSPS) is 20.1. The minimum absolute atomic E-state index is 0.676. The van der Waals surface area contributed by atoms with Crippen LogP contribution in [0.4, 0.5) is 0 Å². The van der Waals surface area contributed by atoms with Crippen LogP contribution in [0.5, 0.6) is 0 Å². The van der Waals surface area contributed by atoms with Crippen LogP contribution in [0.3, 0.4) is 0 Å². The van der Waals surface area contributed by atoms with Crippen molar-refractivity contribution < 1.29 is 0 Å². The van der Waals surface area contributed by atoms with Crippen molar-refractivity contribution in [2.45, 2.75) is 65.0 Å². The highest BCUT2D eigenvalue weighted by atomic mass is 32.1. The summed E-state index contributed by atoms with van der Waals surface area (Å²) in [7, 11) is 0. The molecule has 1 heterocycles. The highest BCUT2D eigenvalue weighted by Gasteiger charge is 2.18. The van der Waals surface area contributed by atoms with Crippen molar-refractivity contribution in [2.24, 2.45) is 5.92 Å². The molecule has 0 saturated heterocycles. The van der Waals surface area contributed by atoms with Crippen molar-refractivity contribution in [1.29, 1.82) is 0 Å². The number of hydrogen-bond acceptors (Lipinski definition) is 2. The fraction of sp³-hybridized carbons (Fsp3) is 0.733. The summed E-state index contributed by atoms with van der Waals surface area (Å²) in [4.78, 5) is 2.90. The van der Waals surface area contributed by atoms with Crippen molar-refractivity contribution in [3.05, 3.63) is 21.9 Å². The molecule has 96 valence electrons. The fourth-order valence-electron chi connectivity index (χ4n) is 2.82. The molecule has 2 rings (SSSR count). The van der Waals surface area contributed by atoms with Crippen molar-refractivity contribution in [3.8, 4) is 0 Å². The van der Waals surface area contributed by atoms with Crippen LogP contribution < -0.4 is 5.32 Å². The Kier molecular flexibility index (Phi) is 5.05. The molecular weight excluding hydrogens is 226 g/mol. The molecule has 1 aliphatic carbocycles. The Bertz CT molecular complexity index is 323. The summed E-state index contributed by atoms with van der Waals surface area (Å²) in [5.41, 5.74) is 0. The van der Waals surface area contributed by atoms with Crippen LogP contribution >= 0.6 is 11.3 Å². The van der Waals surface area contributed by atoms with E-state index in [1.807, 2.05) is 11.3 Å². The van der Waals surface area contributed by atoms with Crippen molar-refractivity contribution in [3.63, 3.8) is 0 Å². The SMILES string of the molecule is Cc1ccc(CN[C@H](C)C2CCCCCC2)s1. The zero-order valence-corrected chi connectivity index (χ0v) is 12.0. The van der Waals surface area contributed by atoms with Gasteiger partial charge in [0.05, 0.1) is 0 Å². The average molecular weight is 251 g/mol. The second kappa shape index (κ2) is 6.55. The van der Waals surface area contributed by atoms with Gasteiger partial charge in [0.1, 0.15) is 0 Å². The van der Waals surface area contributed by atoms with Crippen LogP contribution in [0, 0.1) is 12.8 Å². The first kappa shape index (κ1) is 13.1. The number of nitrogens with one attached hydrogen (secondary N) is 1. The van der Waals surface area contributed by atoms with E-state index >= 15 is 0 Å². The molecule has 0 spiro atoms. The first-order valence-electron chi connectivity index (χ1n) is 7.04. The van der Waals surface area contributed by atoms with Crippen LogP contribution in [-0.2, 0) is 6.54 Å². The Morgan fingerprint density at radius 1 is 1.24 bits per heavy atom. The number of aryl methyl sites for hydroxylation is 1. The molecule has 1 saturated carbocycles. The Morgan fingerprint density at radius 3 is 2.53 bits per heavy atom. The van der Waals surface area contributed by atoms with E-state index in [9.17, 15) is 0 Å². The highest BCUT2D eigenvalue weighted by Crippen LogP contribution is 2.25. The first-order valence-corrected chi connectivity index (χ1v) is 7.86. The molecule has 17 heavy (non-hydrogen) atoms. The fourth-order valence-corrected chi connectivity index (χ4v) is 3.66. The van der Waals surface area contributed by atoms with Crippen LogP contribution in [0.1, 0.15) is 55.2 Å². The summed E-state index contributed by atoms with van der Waals surface area (Å²) in [5, 5.41) is 3.72. The zero-order valence-electron chi connectivity index (χ0n) is 11.2. The third-order valence-corrected chi connectivity index (χ3v) is 5.00. The van der Waals surface area contributed by atoms with Gasteiger partial charge >= 0.3 is 0 Å². The predicted octanol–water partition coefficient (Wildman–Crippen LogP) is 4.51. The van der Waals surface area contributed by atoms with Gasteiger partial charge in [0.15, 0.2) is 0 Å². The third-order valence-electron chi connectivity index (χ3n) is 4.00. The second-order valence-corrected chi connectivity index (χ2v) is 6.81. The molecule has 0 bridgehead atoms. The Labute approximate surface area is 110 Å². The van der Waals surface area contributed by atoms with E-state index in [1.54, 1.807) is 0 Å². The van der Waals surface area contributed by atoms with Crippen molar-refractivity contribution in [2.75, 3.05) is 0 Å². The zero-order chi connectivity index (χ0) is 12.1. The summed E-state index contributed by atoms with van der Waals surface area (Å²) in [6.07, 6.45) is 8.64. The Balaban J connectivity index is 1.77. The van der Waals surface area contributed by atoms with Crippen molar-refractivity contribution in [1.82, 2.24) is 5.32 Å². The van der Waals surface area contributed by atoms with E-state index < -0.39 is 0 Å². The van der Waals surface area contributed by atoms with Crippen LogP contribution in [0.2, 0.25) is 0 Å². The summed E-state index contributed by atoms with van der Waals surface area (Å²) >= 11 is 1.92. The van der Waals surface area contributed by atoms with Gasteiger partial charge in [0.2, 0.25) is 0 Å². The standard InChI is InChI=1S/C15H25NS/c1-12-9-10-15(17-12)11-16-13(2)14-7-5-3-4-6-8-14/h9-10,13-14,16H,3-8,11H2,1-2H3/t13-/m1/s1. The van der Waals surface area contributed by atoms with Gasteiger partial charge in [-0.25, -0.2) is 0 Å². The molecule has 0 amide bonds. The largest absolute Gasteiger partial charge is 0.309 e. The van der Waals surface area contributed by atoms with E-state index in [4.69, 9.17) is 0 Å². The molecule has 0 aliphatic heterocycles. The molecule has 0 radical (unpaired) electrons. The van der Waals surface area contributed by atoms with Gasteiger partial charge < -0.3 is 5.32 Å². The Hall–Kier alpha value is -0.340. The molecule has 1 aliphatic rings. The van der Waals surface area contributed by atoms with Crippen LogP contribution in [0.25, 0.3) is 0 Å². The van der Waals surface area contributed by atoms with E-state index in [0.717, 1.165) is 12.5 Å². The quantitative estimate of drug-likeness (QED) is 0.777. The first-order chi connectivity index (χ1) is 8.25. The van der Waals surface area contributed by atoms with Gasteiger partial charge in [0.25, 0.3) is 0 Å². The molecule has 0 unspecified atom stereocenters. The smallest absolute Gasteiger partial charge is 0.0302 e. The third kappa shape index (κ3) is 4.11. The molecule has 2 heteroatoms. The van der Waals surface area contributed by atoms with E-state index in [-0.39, 0.29) is 0 Å². The summed E-state index contributed by atoms with van der Waals surface area (Å²) in [6, 6.07) is 5.15. The van der Waals surface area contributed by atoms with Gasteiger partial charge in [-0.2, -0.15) is 0 Å². The van der Waals surface area contributed by atoms with Crippen molar-refractivity contribution >= 4 is 11.3 Å². The highest BCUT2D eigenvalue weighted by molar-refractivity contribution is 7.11. The molecule has 1 aromatic rings. The number of thiophene rings is 1.